The molecule has 0 radical (unpaired) electrons. The first-order valence-electron chi connectivity index (χ1n) is 10.5. The number of aliphatic hydroxyl groups is 2. The molecule has 5 nitrogen and oxygen atoms in total. The van der Waals surface area contributed by atoms with Crippen LogP contribution in [0.3, 0.4) is 0 Å². The molecule has 0 aromatic carbocycles. The number of hydrogen-bond acceptors (Lipinski definition) is 5. The van der Waals surface area contributed by atoms with Crippen molar-refractivity contribution in [2.24, 2.45) is 23.7 Å². The molecule has 0 bridgehead atoms. The van der Waals surface area contributed by atoms with Crippen molar-refractivity contribution in [2.45, 2.75) is 98.0 Å². The average molecular weight is 372 g/mol. The summed E-state index contributed by atoms with van der Waals surface area (Å²) in [6, 6.07) is 0.160. The fraction of sp³-hybridized carbons (Fsp3) is 0.952. The van der Waals surface area contributed by atoms with Crippen molar-refractivity contribution >= 4 is 5.97 Å². The van der Waals surface area contributed by atoms with Gasteiger partial charge in [0.1, 0.15) is 6.10 Å². The Morgan fingerprint density at radius 1 is 1.04 bits per heavy atom. The van der Waals surface area contributed by atoms with Crippen molar-refractivity contribution in [1.29, 1.82) is 0 Å². The number of aliphatic hydroxyl groups excluding tert-OH is 2. The predicted octanol–water partition coefficient (Wildman–Crippen LogP) is 3.13. The highest BCUT2D eigenvalue weighted by molar-refractivity contribution is 5.73. The Kier molecular flexibility index (Phi) is 10.1. The van der Waals surface area contributed by atoms with Gasteiger partial charge in [-0.2, -0.15) is 0 Å². The van der Waals surface area contributed by atoms with E-state index < -0.39 is 30.2 Å². The minimum absolute atomic E-state index is 0.0386. The van der Waals surface area contributed by atoms with Crippen LogP contribution < -0.4 is 5.32 Å². The van der Waals surface area contributed by atoms with Gasteiger partial charge in [0.05, 0.1) is 18.1 Å². The lowest BCUT2D eigenvalue weighted by atomic mass is 9.81. The van der Waals surface area contributed by atoms with E-state index in [1.807, 2.05) is 13.8 Å². The summed E-state index contributed by atoms with van der Waals surface area (Å²) in [5.41, 5.74) is 0. The summed E-state index contributed by atoms with van der Waals surface area (Å²) < 4.78 is 5.56. The Hall–Kier alpha value is -0.650. The Bertz CT molecular complexity index is 417. The third-order valence-corrected chi connectivity index (χ3v) is 5.99. The molecule has 1 saturated heterocycles. The molecule has 1 unspecified atom stereocenters. The molecule has 8 atom stereocenters. The second-order valence-electron chi connectivity index (χ2n) is 8.60. The summed E-state index contributed by atoms with van der Waals surface area (Å²) >= 11 is 0. The first-order chi connectivity index (χ1) is 12.2. The third-order valence-electron chi connectivity index (χ3n) is 5.99. The number of cyclic esters (lactones) is 1. The summed E-state index contributed by atoms with van der Waals surface area (Å²) in [6.07, 6.45) is 2.26. The van der Waals surface area contributed by atoms with Crippen molar-refractivity contribution in [1.82, 2.24) is 5.32 Å². The maximum absolute atomic E-state index is 12.5. The Morgan fingerprint density at radius 2 is 1.69 bits per heavy atom. The minimum atomic E-state index is -0.719. The molecule has 0 amide bonds. The molecule has 26 heavy (non-hydrogen) atoms. The highest BCUT2D eigenvalue weighted by Gasteiger charge is 2.33. The van der Waals surface area contributed by atoms with Crippen LogP contribution in [0.15, 0.2) is 0 Å². The van der Waals surface area contributed by atoms with Crippen LogP contribution >= 0.6 is 0 Å². The van der Waals surface area contributed by atoms with Gasteiger partial charge < -0.3 is 20.3 Å². The second-order valence-corrected chi connectivity index (χ2v) is 8.60. The molecule has 1 fully saturated rings. The van der Waals surface area contributed by atoms with Gasteiger partial charge in [-0.05, 0) is 63.8 Å². The smallest absolute Gasteiger partial charge is 0.311 e. The number of nitrogens with one attached hydrogen (secondary N) is 1. The van der Waals surface area contributed by atoms with Gasteiger partial charge in [0, 0.05) is 6.04 Å². The van der Waals surface area contributed by atoms with Crippen molar-refractivity contribution in [3.05, 3.63) is 0 Å². The number of ether oxygens (including phenoxy) is 1. The standard InChI is InChI=1S/C21H41NO4/c1-7-17-9-13(3)12-22-15(5)11-18(23)19(8-2)26-21(25)16(6)20(24)14(4)10-17/h13-20,22-24H,7-12H2,1-6H3/t13-,14-,15-,16?,17+,18+,19-,20+/m1/s1. The van der Waals surface area contributed by atoms with Gasteiger partial charge in [0.2, 0.25) is 0 Å². The Balaban J connectivity index is 2.96. The van der Waals surface area contributed by atoms with E-state index in [1.165, 1.54) is 0 Å². The van der Waals surface area contributed by atoms with Crippen LogP contribution in [0, 0.1) is 23.7 Å². The summed E-state index contributed by atoms with van der Waals surface area (Å²) in [6.45, 7) is 13.1. The van der Waals surface area contributed by atoms with Crippen LogP contribution in [0.5, 0.6) is 0 Å². The summed E-state index contributed by atoms with van der Waals surface area (Å²) in [7, 11) is 0. The molecule has 5 heteroatoms. The van der Waals surface area contributed by atoms with Gasteiger partial charge in [0.15, 0.2) is 0 Å². The van der Waals surface area contributed by atoms with Gasteiger partial charge in [0.25, 0.3) is 0 Å². The fourth-order valence-electron chi connectivity index (χ4n) is 4.07. The van der Waals surface area contributed by atoms with E-state index in [-0.39, 0.29) is 12.0 Å². The predicted molar refractivity (Wildman–Crippen MR) is 105 cm³/mol. The number of hydrogen-bond donors (Lipinski definition) is 3. The van der Waals surface area contributed by atoms with Gasteiger partial charge >= 0.3 is 5.97 Å². The molecule has 0 aliphatic carbocycles. The lowest BCUT2D eigenvalue weighted by Crippen LogP contribution is -2.40. The molecule has 1 aliphatic heterocycles. The van der Waals surface area contributed by atoms with Crippen molar-refractivity contribution < 1.29 is 19.7 Å². The Morgan fingerprint density at radius 3 is 2.27 bits per heavy atom. The molecule has 0 saturated carbocycles. The molecule has 0 aromatic heterocycles. The zero-order valence-corrected chi connectivity index (χ0v) is 17.6. The van der Waals surface area contributed by atoms with Crippen LogP contribution in [0.2, 0.25) is 0 Å². The quantitative estimate of drug-likeness (QED) is 0.650. The maximum atomic E-state index is 12.5. The van der Waals surface area contributed by atoms with Crippen LogP contribution in [-0.2, 0) is 9.53 Å². The molecule has 154 valence electrons. The van der Waals surface area contributed by atoms with E-state index in [9.17, 15) is 15.0 Å². The largest absolute Gasteiger partial charge is 0.459 e. The zero-order valence-electron chi connectivity index (χ0n) is 17.6. The summed E-state index contributed by atoms with van der Waals surface area (Å²) in [5, 5.41) is 24.7. The van der Waals surface area contributed by atoms with E-state index in [0.29, 0.717) is 24.7 Å². The number of rotatable bonds is 2. The van der Waals surface area contributed by atoms with E-state index in [2.05, 4.69) is 26.1 Å². The van der Waals surface area contributed by atoms with Crippen LogP contribution in [0.1, 0.15) is 73.6 Å². The van der Waals surface area contributed by atoms with E-state index in [0.717, 1.165) is 25.8 Å². The van der Waals surface area contributed by atoms with Gasteiger partial charge in [-0.15, -0.1) is 0 Å². The maximum Gasteiger partial charge on any atom is 0.311 e. The number of carbonyl (C=O) groups excluding carboxylic acids is 1. The molecular weight excluding hydrogens is 330 g/mol. The van der Waals surface area contributed by atoms with Gasteiger partial charge in [-0.3, -0.25) is 4.79 Å². The molecule has 3 N–H and O–H groups in total. The van der Waals surface area contributed by atoms with Crippen LogP contribution in [0.4, 0.5) is 0 Å². The minimum Gasteiger partial charge on any atom is -0.459 e. The summed E-state index contributed by atoms with van der Waals surface area (Å²) in [4.78, 5) is 12.5. The lowest BCUT2D eigenvalue weighted by Gasteiger charge is -2.29. The molecular formula is C21H41NO4. The third kappa shape index (κ3) is 7.16. The molecule has 1 heterocycles. The van der Waals surface area contributed by atoms with Crippen LogP contribution in [0.25, 0.3) is 0 Å². The normalized spacial score (nSPS) is 41.8. The second kappa shape index (κ2) is 11.3. The molecule has 1 aliphatic rings. The monoisotopic (exact) mass is 371 g/mol. The van der Waals surface area contributed by atoms with E-state index in [4.69, 9.17) is 4.74 Å². The highest BCUT2D eigenvalue weighted by Crippen LogP contribution is 2.28. The average Bonchev–Trinajstić information content (AvgIpc) is 2.61. The number of carbonyl (C=O) groups is 1. The van der Waals surface area contributed by atoms with Crippen molar-refractivity contribution in [3.8, 4) is 0 Å². The SMILES string of the molecule is CC[C@H]1C[C@@H](C)CN[C@H](C)C[C@H](O)[C@@H](CC)OC(=O)C(C)[C@@H](O)[C@H](C)C1. The first-order valence-corrected chi connectivity index (χ1v) is 10.5. The van der Waals surface area contributed by atoms with Gasteiger partial charge in [-0.1, -0.05) is 34.1 Å². The van der Waals surface area contributed by atoms with Crippen molar-refractivity contribution in [3.63, 3.8) is 0 Å². The van der Waals surface area contributed by atoms with Gasteiger partial charge in [-0.25, -0.2) is 0 Å². The molecule has 0 aromatic rings. The highest BCUT2D eigenvalue weighted by atomic mass is 16.6. The van der Waals surface area contributed by atoms with Crippen molar-refractivity contribution in [2.75, 3.05) is 6.54 Å². The summed E-state index contributed by atoms with van der Waals surface area (Å²) in [5.74, 6) is 0.117. The fourth-order valence-corrected chi connectivity index (χ4v) is 4.07. The van der Waals surface area contributed by atoms with Crippen LogP contribution in [-0.4, -0.2) is 47.1 Å². The molecule has 1 rings (SSSR count). The van der Waals surface area contributed by atoms with E-state index >= 15 is 0 Å². The van der Waals surface area contributed by atoms with E-state index in [1.54, 1.807) is 6.92 Å². The zero-order chi connectivity index (χ0) is 19.9. The lowest BCUT2D eigenvalue weighted by molar-refractivity contribution is -0.165. The first kappa shape index (κ1) is 23.4. The Labute approximate surface area is 159 Å². The molecule has 0 spiro atoms. The topological polar surface area (TPSA) is 78.8 Å². The number of esters is 1.